The van der Waals surface area contributed by atoms with Gasteiger partial charge >= 0.3 is 5.97 Å². The van der Waals surface area contributed by atoms with Crippen LogP contribution in [0, 0.1) is 5.82 Å². The van der Waals surface area contributed by atoms with Crippen LogP contribution in [0.25, 0.3) is 11.3 Å². The standard InChI is InChI=1S/C21H20FN3O2S/c22-16-6-4-14(5-7-16)19-13-28-21(24-19)25-10-8-17(9-11-25)23-18-3-1-2-15(12-18)20(26)27/h1-7,12-13,17,23H,8-11H2,(H,26,27). The van der Waals surface area contributed by atoms with Crippen LogP contribution in [-0.4, -0.2) is 35.2 Å². The maximum atomic E-state index is 13.1. The second-order valence-electron chi connectivity index (χ2n) is 6.81. The molecule has 2 N–H and O–H groups in total. The van der Waals surface area contributed by atoms with E-state index in [-0.39, 0.29) is 5.82 Å². The van der Waals surface area contributed by atoms with E-state index >= 15 is 0 Å². The maximum Gasteiger partial charge on any atom is 0.335 e. The Bertz CT molecular complexity index is 966. The number of benzene rings is 2. The van der Waals surface area contributed by atoms with Crippen LogP contribution in [0.4, 0.5) is 15.2 Å². The van der Waals surface area contributed by atoms with Gasteiger partial charge in [0.05, 0.1) is 11.3 Å². The van der Waals surface area contributed by atoms with Crippen molar-refractivity contribution in [2.75, 3.05) is 23.3 Å². The molecule has 1 fully saturated rings. The average molecular weight is 397 g/mol. The molecule has 1 aromatic heterocycles. The third-order valence-electron chi connectivity index (χ3n) is 4.88. The summed E-state index contributed by atoms with van der Waals surface area (Å²) in [6, 6.07) is 13.6. The number of carbonyl (C=O) groups is 1. The fourth-order valence-electron chi connectivity index (χ4n) is 3.36. The number of aromatic nitrogens is 1. The molecule has 0 radical (unpaired) electrons. The van der Waals surface area contributed by atoms with E-state index in [0.717, 1.165) is 48.0 Å². The Kier molecular flexibility index (Phi) is 5.25. The summed E-state index contributed by atoms with van der Waals surface area (Å²) in [7, 11) is 0. The molecule has 7 heteroatoms. The minimum absolute atomic E-state index is 0.248. The Labute approximate surface area is 166 Å². The van der Waals surface area contributed by atoms with E-state index in [2.05, 4.69) is 10.2 Å². The van der Waals surface area contributed by atoms with E-state index in [1.54, 1.807) is 41.7 Å². The topological polar surface area (TPSA) is 65.5 Å². The molecule has 5 nitrogen and oxygen atoms in total. The smallest absolute Gasteiger partial charge is 0.335 e. The molecular formula is C21H20FN3O2S. The first-order valence-electron chi connectivity index (χ1n) is 9.15. The third-order valence-corrected chi connectivity index (χ3v) is 5.78. The fourth-order valence-corrected chi connectivity index (χ4v) is 4.24. The molecule has 144 valence electrons. The van der Waals surface area contributed by atoms with Crippen LogP contribution < -0.4 is 10.2 Å². The number of anilines is 2. The van der Waals surface area contributed by atoms with Crippen molar-refractivity contribution in [1.82, 2.24) is 4.98 Å². The van der Waals surface area contributed by atoms with Gasteiger partial charge in [0.1, 0.15) is 5.82 Å². The van der Waals surface area contributed by atoms with Gasteiger partial charge in [-0.3, -0.25) is 0 Å². The number of thiazole rings is 1. The lowest BCUT2D eigenvalue weighted by atomic mass is 10.0. The summed E-state index contributed by atoms with van der Waals surface area (Å²) in [5, 5.41) is 15.5. The van der Waals surface area contributed by atoms with Gasteiger partial charge in [0.2, 0.25) is 0 Å². The number of piperidine rings is 1. The van der Waals surface area contributed by atoms with Gasteiger partial charge in [0.15, 0.2) is 5.13 Å². The molecule has 1 saturated heterocycles. The van der Waals surface area contributed by atoms with Crippen molar-refractivity contribution in [3.05, 3.63) is 65.3 Å². The number of aromatic carboxylic acids is 1. The lowest BCUT2D eigenvalue weighted by molar-refractivity contribution is 0.0697. The van der Waals surface area contributed by atoms with Crippen LogP contribution in [0.15, 0.2) is 53.9 Å². The van der Waals surface area contributed by atoms with Crippen molar-refractivity contribution in [3.8, 4) is 11.3 Å². The molecule has 3 aromatic rings. The Morgan fingerprint density at radius 1 is 1.18 bits per heavy atom. The Morgan fingerprint density at radius 2 is 1.93 bits per heavy atom. The normalized spacial score (nSPS) is 14.8. The highest BCUT2D eigenvalue weighted by Crippen LogP contribution is 2.30. The number of hydrogen-bond donors (Lipinski definition) is 2. The van der Waals surface area contributed by atoms with E-state index in [4.69, 9.17) is 10.1 Å². The van der Waals surface area contributed by atoms with Gasteiger partial charge in [0, 0.05) is 35.8 Å². The van der Waals surface area contributed by atoms with Gasteiger partial charge < -0.3 is 15.3 Å². The van der Waals surface area contributed by atoms with Crippen molar-refractivity contribution in [2.24, 2.45) is 0 Å². The molecular weight excluding hydrogens is 377 g/mol. The Hall–Kier alpha value is -2.93. The van der Waals surface area contributed by atoms with Gasteiger partial charge in [0.25, 0.3) is 0 Å². The molecule has 2 aromatic carbocycles. The van der Waals surface area contributed by atoms with Gasteiger partial charge in [-0.15, -0.1) is 11.3 Å². The average Bonchev–Trinajstić information content (AvgIpc) is 3.19. The van der Waals surface area contributed by atoms with Crippen molar-refractivity contribution in [1.29, 1.82) is 0 Å². The fraction of sp³-hybridized carbons (Fsp3) is 0.238. The van der Waals surface area contributed by atoms with Gasteiger partial charge in [-0.2, -0.15) is 0 Å². The highest BCUT2D eigenvalue weighted by Gasteiger charge is 2.21. The molecule has 1 aliphatic rings. The number of rotatable bonds is 5. The van der Waals surface area contributed by atoms with Gasteiger partial charge in [-0.05, 0) is 55.3 Å². The monoisotopic (exact) mass is 397 g/mol. The molecule has 0 bridgehead atoms. The number of halogens is 1. The number of nitrogens with one attached hydrogen (secondary N) is 1. The third kappa shape index (κ3) is 4.14. The minimum Gasteiger partial charge on any atom is -0.478 e. The van der Waals surface area contributed by atoms with E-state index < -0.39 is 5.97 Å². The maximum absolute atomic E-state index is 13.1. The summed E-state index contributed by atoms with van der Waals surface area (Å²) >= 11 is 1.60. The van der Waals surface area contributed by atoms with Crippen LogP contribution in [0.2, 0.25) is 0 Å². The van der Waals surface area contributed by atoms with E-state index in [1.165, 1.54) is 12.1 Å². The Balaban J connectivity index is 1.36. The Morgan fingerprint density at radius 3 is 2.64 bits per heavy atom. The highest BCUT2D eigenvalue weighted by atomic mass is 32.1. The molecule has 1 aliphatic heterocycles. The summed E-state index contributed by atoms with van der Waals surface area (Å²) in [5.41, 5.74) is 2.91. The molecule has 0 aliphatic carbocycles. The van der Waals surface area contributed by atoms with Crippen LogP contribution in [-0.2, 0) is 0 Å². The summed E-state index contributed by atoms with van der Waals surface area (Å²) in [6.07, 6.45) is 1.89. The number of hydrogen-bond acceptors (Lipinski definition) is 5. The van der Waals surface area contributed by atoms with Gasteiger partial charge in [-0.1, -0.05) is 6.07 Å². The second kappa shape index (κ2) is 7.98. The molecule has 0 atom stereocenters. The van der Waals surface area contributed by atoms with E-state index in [1.807, 2.05) is 11.4 Å². The number of nitrogens with zero attached hydrogens (tertiary/aromatic N) is 2. The number of carboxylic acid groups (broad SMARTS) is 1. The molecule has 0 saturated carbocycles. The molecule has 0 spiro atoms. The first kappa shape index (κ1) is 18.4. The molecule has 0 amide bonds. The minimum atomic E-state index is -0.917. The van der Waals surface area contributed by atoms with Crippen molar-refractivity contribution in [2.45, 2.75) is 18.9 Å². The highest BCUT2D eigenvalue weighted by molar-refractivity contribution is 7.14. The SMILES string of the molecule is O=C(O)c1cccc(NC2CCN(c3nc(-c4ccc(F)cc4)cs3)CC2)c1. The predicted molar refractivity (Wildman–Crippen MR) is 110 cm³/mol. The summed E-state index contributed by atoms with van der Waals surface area (Å²) in [5.74, 6) is -1.16. The lowest BCUT2D eigenvalue weighted by Gasteiger charge is -2.32. The van der Waals surface area contributed by atoms with Crippen molar-refractivity contribution < 1.29 is 14.3 Å². The lowest BCUT2D eigenvalue weighted by Crippen LogP contribution is -2.39. The van der Waals surface area contributed by atoms with Crippen LogP contribution in [0.1, 0.15) is 23.2 Å². The zero-order chi connectivity index (χ0) is 19.5. The van der Waals surface area contributed by atoms with Crippen molar-refractivity contribution in [3.63, 3.8) is 0 Å². The molecule has 0 unspecified atom stereocenters. The summed E-state index contributed by atoms with van der Waals surface area (Å²) < 4.78 is 13.1. The quantitative estimate of drug-likeness (QED) is 0.652. The first-order valence-corrected chi connectivity index (χ1v) is 10.0. The van der Waals surface area contributed by atoms with E-state index in [0.29, 0.717) is 11.6 Å². The largest absolute Gasteiger partial charge is 0.478 e. The zero-order valence-corrected chi connectivity index (χ0v) is 16.0. The molecule has 2 heterocycles. The molecule has 28 heavy (non-hydrogen) atoms. The first-order chi connectivity index (χ1) is 13.6. The van der Waals surface area contributed by atoms with Gasteiger partial charge in [-0.25, -0.2) is 14.2 Å². The van der Waals surface area contributed by atoms with Crippen LogP contribution >= 0.6 is 11.3 Å². The summed E-state index contributed by atoms with van der Waals surface area (Å²) in [6.45, 7) is 1.76. The molecule has 4 rings (SSSR count). The zero-order valence-electron chi connectivity index (χ0n) is 15.1. The predicted octanol–water partition coefficient (Wildman–Crippen LogP) is 4.73. The van der Waals surface area contributed by atoms with E-state index in [9.17, 15) is 9.18 Å². The van der Waals surface area contributed by atoms with Crippen LogP contribution in [0.5, 0.6) is 0 Å². The second-order valence-corrected chi connectivity index (χ2v) is 7.65. The summed E-state index contributed by atoms with van der Waals surface area (Å²) in [4.78, 5) is 18.1. The van der Waals surface area contributed by atoms with Crippen LogP contribution in [0.3, 0.4) is 0 Å². The number of carboxylic acids is 1. The van der Waals surface area contributed by atoms with Crippen molar-refractivity contribution >= 4 is 28.1 Å².